The van der Waals surface area contributed by atoms with E-state index in [9.17, 15) is 9.59 Å². The molecule has 1 aliphatic rings. The number of hydrogen-bond donors (Lipinski definition) is 0. The highest BCUT2D eigenvalue weighted by molar-refractivity contribution is 5.91. The Hall–Kier alpha value is -3.09. The summed E-state index contributed by atoms with van der Waals surface area (Å²) in [6, 6.07) is 13.1. The van der Waals surface area contributed by atoms with Crippen molar-refractivity contribution in [3.05, 3.63) is 76.4 Å². The van der Waals surface area contributed by atoms with Crippen LogP contribution in [0.15, 0.2) is 57.9 Å². The first-order valence-electron chi connectivity index (χ1n) is 8.25. The van der Waals surface area contributed by atoms with Gasteiger partial charge in [-0.15, -0.1) is 0 Å². The molecule has 3 aromatic rings. The Balaban J connectivity index is 1.52. The van der Waals surface area contributed by atoms with Crippen molar-refractivity contribution in [2.45, 2.75) is 19.5 Å². The van der Waals surface area contributed by atoms with Gasteiger partial charge in [-0.1, -0.05) is 30.3 Å². The van der Waals surface area contributed by atoms with Crippen molar-refractivity contribution in [3.63, 3.8) is 0 Å². The van der Waals surface area contributed by atoms with E-state index in [0.717, 1.165) is 11.4 Å². The highest BCUT2D eigenvalue weighted by Crippen LogP contribution is 2.11. The van der Waals surface area contributed by atoms with Crippen molar-refractivity contribution in [2.24, 2.45) is 0 Å². The lowest BCUT2D eigenvalue weighted by molar-refractivity contribution is 0.0726. The Bertz CT molecular complexity index is 925. The second kappa shape index (κ2) is 6.43. The van der Waals surface area contributed by atoms with Crippen LogP contribution in [0.2, 0.25) is 0 Å². The van der Waals surface area contributed by atoms with Crippen LogP contribution >= 0.6 is 0 Å². The summed E-state index contributed by atoms with van der Waals surface area (Å²) in [6.45, 7) is 1.87. The van der Waals surface area contributed by atoms with Crippen molar-refractivity contribution < 1.29 is 9.21 Å². The van der Waals surface area contributed by atoms with Gasteiger partial charge in [0.25, 0.3) is 5.91 Å². The highest BCUT2D eigenvalue weighted by Gasteiger charge is 2.24. The lowest BCUT2D eigenvalue weighted by atomic mass is 10.2. The molecule has 1 aromatic carbocycles. The monoisotopic (exact) mass is 338 g/mol. The Morgan fingerprint density at radius 2 is 1.92 bits per heavy atom. The predicted molar refractivity (Wildman–Crippen MR) is 90.3 cm³/mol. The Labute approximate surface area is 144 Å². The molecule has 0 spiro atoms. The van der Waals surface area contributed by atoms with E-state index in [0.29, 0.717) is 38.4 Å². The zero-order chi connectivity index (χ0) is 17.2. The molecule has 3 heterocycles. The van der Waals surface area contributed by atoms with Gasteiger partial charge in [-0.25, -0.2) is 9.48 Å². The standard InChI is InChI=1S/C18H18N4O3/c23-17(15-7-4-12-25-15)20-9-8-16-19-22(18(24)21(16)11-10-20)13-14-5-2-1-3-6-14/h1-7,12H,8-11,13H2. The van der Waals surface area contributed by atoms with E-state index < -0.39 is 0 Å². The van der Waals surface area contributed by atoms with E-state index in [1.165, 1.54) is 10.9 Å². The fourth-order valence-electron chi connectivity index (χ4n) is 3.08. The molecule has 1 amide bonds. The van der Waals surface area contributed by atoms with Gasteiger partial charge in [0.1, 0.15) is 5.82 Å². The molecule has 25 heavy (non-hydrogen) atoms. The van der Waals surface area contributed by atoms with Gasteiger partial charge in [-0.2, -0.15) is 5.10 Å². The number of nitrogens with zero attached hydrogens (tertiary/aromatic N) is 4. The van der Waals surface area contributed by atoms with E-state index in [1.54, 1.807) is 21.6 Å². The van der Waals surface area contributed by atoms with Crippen molar-refractivity contribution >= 4 is 5.91 Å². The molecule has 128 valence electrons. The molecule has 7 heteroatoms. The van der Waals surface area contributed by atoms with Crippen molar-refractivity contribution in [1.29, 1.82) is 0 Å². The highest BCUT2D eigenvalue weighted by atomic mass is 16.3. The third-order valence-corrected chi connectivity index (χ3v) is 4.39. The molecule has 0 saturated carbocycles. The molecule has 0 bridgehead atoms. The Morgan fingerprint density at radius 3 is 2.68 bits per heavy atom. The van der Waals surface area contributed by atoms with Gasteiger partial charge >= 0.3 is 5.69 Å². The van der Waals surface area contributed by atoms with E-state index in [-0.39, 0.29) is 11.6 Å². The first-order chi connectivity index (χ1) is 12.2. The number of amides is 1. The normalized spacial score (nSPS) is 14.2. The maximum absolute atomic E-state index is 12.6. The molecule has 0 aliphatic carbocycles. The number of benzene rings is 1. The number of hydrogen-bond acceptors (Lipinski definition) is 4. The van der Waals surface area contributed by atoms with Crippen LogP contribution in [0, 0.1) is 0 Å². The molecule has 0 N–H and O–H groups in total. The van der Waals surface area contributed by atoms with E-state index in [4.69, 9.17) is 4.42 Å². The molecule has 0 fully saturated rings. The van der Waals surface area contributed by atoms with Crippen molar-refractivity contribution in [1.82, 2.24) is 19.2 Å². The number of fused-ring (bicyclic) bond motifs is 1. The first kappa shape index (κ1) is 15.4. The summed E-state index contributed by atoms with van der Waals surface area (Å²) in [5.41, 5.74) is 0.902. The second-order valence-electron chi connectivity index (χ2n) is 6.01. The van der Waals surface area contributed by atoms with Crippen LogP contribution in [0.25, 0.3) is 0 Å². The number of carbonyl (C=O) groups excluding carboxylic acids is 1. The minimum absolute atomic E-state index is 0.133. The van der Waals surface area contributed by atoms with E-state index >= 15 is 0 Å². The van der Waals surface area contributed by atoms with Gasteiger partial charge in [-0.3, -0.25) is 9.36 Å². The van der Waals surface area contributed by atoms with Crippen LogP contribution in [-0.4, -0.2) is 38.2 Å². The summed E-state index contributed by atoms with van der Waals surface area (Å²) < 4.78 is 8.34. The van der Waals surface area contributed by atoms with Crippen LogP contribution in [0.1, 0.15) is 21.9 Å². The van der Waals surface area contributed by atoms with Crippen LogP contribution in [0.5, 0.6) is 0 Å². The predicted octanol–water partition coefficient (Wildman–Crippen LogP) is 1.38. The van der Waals surface area contributed by atoms with Gasteiger partial charge in [0.2, 0.25) is 0 Å². The summed E-state index contributed by atoms with van der Waals surface area (Å²) in [6.07, 6.45) is 2.03. The molecule has 1 aliphatic heterocycles. The molecule has 0 radical (unpaired) electrons. The summed E-state index contributed by atoms with van der Waals surface area (Å²) in [4.78, 5) is 26.7. The van der Waals surface area contributed by atoms with Gasteiger partial charge in [0.15, 0.2) is 5.76 Å². The summed E-state index contributed by atoms with van der Waals surface area (Å²) in [5.74, 6) is 0.886. The van der Waals surface area contributed by atoms with E-state index in [2.05, 4.69) is 5.10 Å². The number of carbonyl (C=O) groups is 1. The molecule has 7 nitrogen and oxygen atoms in total. The summed E-state index contributed by atoms with van der Waals surface area (Å²) >= 11 is 0. The van der Waals surface area contributed by atoms with Gasteiger partial charge in [-0.05, 0) is 17.7 Å². The van der Waals surface area contributed by atoms with Gasteiger partial charge in [0, 0.05) is 26.1 Å². The third kappa shape index (κ3) is 3.00. The SMILES string of the molecule is O=C(c1ccco1)N1CCc2nn(Cc3ccccc3)c(=O)n2CC1. The van der Waals surface area contributed by atoms with Crippen LogP contribution in [0.4, 0.5) is 0 Å². The van der Waals surface area contributed by atoms with Gasteiger partial charge in [0.05, 0.1) is 12.8 Å². The van der Waals surface area contributed by atoms with Crippen LogP contribution in [-0.2, 0) is 19.5 Å². The lowest BCUT2D eigenvalue weighted by Gasteiger charge is -2.18. The molecular weight excluding hydrogens is 320 g/mol. The number of aromatic nitrogens is 3. The molecule has 0 atom stereocenters. The Morgan fingerprint density at radius 1 is 1.08 bits per heavy atom. The second-order valence-corrected chi connectivity index (χ2v) is 6.01. The minimum Gasteiger partial charge on any atom is -0.459 e. The lowest BCUT2D eigenvalue weighted by Crippen LogP contribution is -2.35. The smallest absolute Gasteiger partial charge is 0.346 e. The third-order valence-electron chi connectivity index (χ3n) is 4.39. The minimum atomic E-state index is -0.152. The zero-order valence-electron chi connectivity index (χ0n) is 13.7. The maximum Gasteiger partial charge on any atom is 0.346 e. The fraction of sp³-hybridized carbons (Fsp3) is 0.278. The van der Waals surface area contributed by atoms with Crippen molar-refractivity contribution in [2.75, 3.05) is 13.1 Å². The summed E-state index contributed by atoms with van der Waals surface area (Å²) in [7, 11) is 0. The Kier molecular flexibility index (Phi) is 3.97. The average molecular weight is 338 g/mol. The van der Waals surface area contributed by atoms with Crippen LogP contribution in [0.3, 0.4) is 0 Å². The average Bonchev–Trinajstić information content (AvgIpc) is 3.20. The summed E-state index contributed by atoms with van der Waals surface area (Å²) in [5, 5.41) is 4.47. The van der Waals surface area contributed by atoms with E-state index in [1.807, 2.05) is 30.3 Å². The topological polar surface area (TPSA) is 73.3 Å². The molecular formula is C18H18N4O3. The number of furan rings is 1. The fourth-order valence-corrected chi connectivity index (χ4v) is 3.08. The molecule has 2 aromatic heterocycles. The molecule has 0 saturated heterocycles. The quantitative estimate of drug-likeness (QED) is 0.723. The first-order valence-corrected chi connectivity index (χ1v) is 8.25. The number of rotatable bonds is 3. The van der Waals surface area contributed by atoms with Gasteiger partial charge < -0.3 is 9.32 Å². The largest absolute Gasteiger partial charge is 0.459 e. The maximum atomic E-state index is 12.6. The van der Waals surface area contributed by atoms with Crippen LogP contribution < -0.4 is 5.69 Å². The molecule has 0 unspecified atom stereocenters. The van der Waals surface area contributed by atoms with Crippen molar-refractivity contribution in [3.8, 4) is 0 Å². The zero-order valence-corrected chi connectivity index (χ0v) is 13.7. The molecule has 4 rings (SSSR count).